The van der Waals surface area contributed by atoms with Gasteiger partial charge in [0.1, 0.15) is 22.3 Å². The molecule has 1 N–H and O–H groups in total. The van der Waals surface area contributed by atoms with E-state index >= 15 is 0 Å². The molecule has 1 aromatic carbocycles. The number of hydrogen-bond acceptors (Lipinski definition) is 5. The number of halogens is 4. The fourth-order valence-corrected chi connectivity index (χ4v) is 4.37. The maximum Gasteiger partial charge on any atom is 0.290 e. The maximum absolute atomic E-state index is 14.2. The largest absolute Gasteiger partial charge is 0.495 e. The Morgan fingerprint density at radius 2 is 2.30 bits per heavy atom. The van der Waals surface area contributed by atoms with Crippen molar-refractivity contribution >= 4 is 39.9 Å². The topological polar surface area (TPSA) is 71.1 Å². The summed E-state index contributed by atoms with van der Waals surface area (Å²) in [6.45, 7) is 0.0567. The molecule has 0 radical (unpaired) electrons. The highest BCUT2D eigenvalue weighted by Gasteiger charge is 2.40. The molecule has 11 heteroatoms. The van der Waals surface area contributed by atoms with Crippen molar-refractivity contribution in [2.24, 2.45) is 0 Å². The number of amides is 1. The maximum atomic E-state index is 14.2. The Bertz CT molecular complexity index is 1040. The van der Waals surface area contributed by atoms with E-state index in [2.05, 4.69) is 15.0 Å². The van der Waals surface area contributed by atoms with Crippen molar-refractivity contribution in [3.05, 3.63) is 38.8 Å². The molecule has 1 aliphatic rings. The van der Waals surface area contributed by atoms with Crippen LogP contribution in [-0.4, -0.2) is 45.8 Å². The molecule has 1 aliphatic heterocycles. The first-order valence-corrected chi connectivity index (χ1v) is 9.11. The van der Waals surface area contributed by atoms with Crippen LogP contribution in [0.5, 0.6) is 5.75 Å². The van der Waals surface area contributed by atoms with Crippen LogP contribution in [0.1, 0.15) is 27.2 Å². The van der Waals surface area contributed by atoms with E-state index in [1.54, 1.807) is 0 Å². The van der Waals surface area contributed by atoms with E-state index in [1.807, 2.05) is 0 Å². The Morgan fingerprint density at radius 3 is 3.00 bits per heavy atom. The Kier molecular flexibility index (Phi) is 4.47. The van der Waals surface area contributed by atoms with Gasteiger partial charge >= 0.3 is 0 Å². The molecule has 3 aromatic rings. The molecular formula is C16H12ClF3N4O2S. The van der Waals surface area contributed by atoms with Crippen LogP contribution in [0.4, 0.5) is 13.2 Å². The molecule has 27 heavy (non-hydrogen) atoms. The number of hydrogen-bond donors (Lipinski definition) is 1. The average molecular weight is 417 g/mol. The van der Waals surface area contributed by atoms with Crippen LogP contribution in [0.2, 0.25) is 5.02 Å². The monoisotopic (exact) mass is 416 g/mol. The standard InChI is InChI=1S/C16H12ClF3N4O2S/c1-26-8-4-6(18)10-11(9(8)17)23-15(22-10)16(25)24-3-2-7-13(27-5-21-7)12(24)14(19)20/h4-5,12,14H,2-3H2,1H3,(H,22,23). The summed E-state index contributed by atoms with van der Waals surface area (Å²) >= 11 is 7.21. The number of carbonyl (C=O) groups is 1. The van der Waals surface area contributed by atoms with Crippen molar-refractivity contribution in [1.82, 2.24) is 19.9 Å². The number of rotatable bonds is 3. The fraction of sp³-hybridized carbons (Fsp3) is 0.312. The number of benzene rings is 1. The minimum Gasteiger partial charge on any atom is -0.495 e. The Hall–Kier alpha value is -2.33. The van der Waals surface area contributed by atoms with Gasteiger partial charge in [-0.1, -0.05) is 11.6 Å². The van der Waals surface area contributed by atoms with Crippen LogP contribution in [0.25, 0.3) is 11.0 Å². The fourth-order valence-electron chi connectivity index (χ4n) is 3.15. The highest BCUT2D eigenvalue weighted by atomic mass is 35.5. The first-order chi connectivity index (χ1) is 12.9. The number of aromatic nitrogens is 3. The van der Waals surface area contributed by atoms with E-state index in [-0.39, 0.29) is 34.2 Å². The lowest BCUT2D eigenvalue weighted by Gasteiger charge is -2.33. The summed E-state index contributed by atoms with van der Waals surface area (Å²) in [4.78, 5) is 24.9. The number of nitrogens with one attached hydrogen (secondary N) is 1. The molecule has 142 valence electrons. The summed E-state index contributed by atoms with van der Waals surface area (Å²) < 4.78 is 46.6. The zero-order valence-electron chi connectivity index (χ0n) is 13.8. The molecule has 0 spiro atoms. The Labute approximate surface area is 159 Å². The predicted molar refractivity (Wildman–Crippen MR) is 93.2 cm³/mol. The summed E-state index contributed by atoms with van der Waals surface area (Å²) in [6, 6.07) is -0.372. The van der Waals surface area contributed by atoms with Crippen molar-refractivity contribution < 1.29 is 22.7 Å². The molecule has 0 saturated heterocycles. The molecular weight excluding hydrogens is 405 g/mol. The molecule has 2 aromatic heterocycles. The number of ether oxygens (including phenoxy) is 1. The average Bonchev–Trinajstić information content (AvgIpc) is 3.30. The van der Waals surface area contributed by atoms with E-state index in [9.17, 15) is 18.0 Å². The SMILES string of the molecule is COc1cc(F)c2nc(C(=O)N3CCc4ncsc4C3C(F)F)[nH]c2c1Cl. The zero-order chi connectivity index (χ0) is 19.3. The Balaban J connectivity index is 1.76. The van der Waals surface area contributed by atoms with Gasteiger partial charge in [0.15, 0.2) is 11.6 Å². The number of H-pyrrole nitrogens is 1. The van der Waals surface area contributed by atoms with Gasteiger partial charge in [0, 0.05) is 19.0 Å². The molecule has 1 unspecified atom stereocenters. The lowest BCUT2D eigenvalue weighted by Crippen LogP contribution is -2.43. The predicted octanol–water partition coefficient (Wildman–Crippen LogP) is 3.83. The molecule has 1 atom stereocenters. The lowest BCUT2D eigenvalue weighted by molar-refractivity contribution is 0.0170. The van der Waals surface area contributed by atoms with Crippen LogP contribution in [0.15, 0.2) is 11.6 Å². The van der Waals surface area contributed by atoms with Crippen LogP contribution < -0.4 is 4.74 Å². The van der Waals surface area contributed by atoms with Crippen LogP contribution in [-0.2, 0) is 6.42 Å². The van der Waals surface area contributed by atoms with Gasteiger partial charge in [0.05, 0.1) is 28.7 Å². The highest BCUT2D eigenvalue weighted by Crippen LogP contribution is 2.38. The summed E-state index contributed by atoms with van der Waals surface area (Å²) in [5.74, 6) is -1.69. The van der Waals surface area contributed by atoms with Crippen molar-refractivity contribution in [3.8, 4) is 5.75 Å². The minimum absolute atomic E-state index is 0.0502. The van der Waals surface area contributed by atoms with Crippen LogP contribution in [0.3, 0.4) is 0 Å². The third kappa shape index (κ3) is 2.83. The van der Waals surface area contributed by atoms with Gasteiger partial charge in [-0.15, -0.1) is 11.3 Å². The van der Waals surface area contributed by atoms with Crippen molar-refractivity contribution in [3.63, 3.8) is 0 Å². The molecule has 4 rings (SSSR count). The van der Waals surface area contributed by atoms with Crippen molar-refractivity contribution in [1.29, 1.82) is 0 Å². The third-order valence-corrected chi connectivity index (χ3v) is 5.73. The second-order valence-electron chi connectivity index (χ2n) is 5.87. The summed E-state index contributed by atoms with van der Waals surface area (Å²) in [5.41, 5.74) is 1.96. The zero-order valence-corrected chi connectivity index (χ0v) is 15.4. The molecule has 1 amide bonds. The van der Waals surface area contributed by atoms with Gasteiger partial charge in [-0.05, 0) is 0 Å². The number of carbonyl (C=O) groups excluding carboxylic acids is 1. The molecule has 6 nitrogen and oxygen atoms in total. The normalized spacial score (nSPS) is 16.8. The summed E-state index contributed by atoms with van der Waals surface area (Å²) in [5, 5.41) is 0.0502. The van der Waals surface area contributed by atoms with Gasteiger partial charge in [-0.2, -0.15) is 0 Å². The number of methoxy groups -OCH3 is 1. The van der Waals surface area contributed by atoms with Crippen molar-refractivity contribution in [2.75, 3.05) is 13.7 Å². The van der Waals surface area contributed by atoms with Gasteiger partial charge in [0.2, 0.25) is 0 Å². The number of thiazole rings is 1. The van der Waals surface area contributed by atoms with Gasteiger partial charge in [-0.25, -0.2) is 23.1 Å². The highest BCUT2D eigenvalue weighted by molar-refractivity contribution is 7.09. The molecule has 0 bridgehead atoms. The van der Waals surface area contributed by atoms with E-state index in [1.165, 1.54) is 12.6 Å². The number of imidazole rings is 1. The van der Waals surface area contributed by atoms with E-state index in [0.717, 1.165) is 22.3 Å². The second-order valence-corrected chi connectivity index (χ2v) is 7.14. The summed E-state index contributed by atoms with van der Waals surface area (Å²) in [7, 11) is 1.32. The van der Waals surface area contributed by atoms with Crippen molar-refractivity contribution in [2.45, 2.75) is 18.9 Å². The van der Waals surface area contributed by atoms with Gasteiger partial charge in [-0.3, -0.25) is 4.79 Å². The second kappa shape index (κ2) is 6.68. The molecule has 3 heterocycles. The lowest BCUT2D eigenvalue weighted by atomic mass is 10.1. The number of alkyl halides is 2. The van der Waals surface area contributed by atoms with Gasteiger partial charge < -0.3 is 14.6 Å². The third-order valence-electron chi connectivity index (χ3n) is 4.41. The molecule has 0 fully saturated rings. The number of fused-ring (bicyclic) bond motifs is 2. The van der Waals surface area contributed by atoms with Crippen LogP contribution >= 0.6 is 22.9 Å². The first kappa shape index (κ1) is 18.1. The van der Waals surface area contributed by atoms with E-state index in [0.29, 0.717) is 17.0 Å². The number of nitrogens with zero attached hydrogens (tertiary/aromatic N) is 3. The van der Waals surface area contributed by atoms with Gasteiger partial charge in [0.25, 0.3) is 12.3 Å². The quantitative estimate of drug-likeness (QED) is 0.704. The van der Waals surface area contributed by atoms with Crippen LogP contribution in [0, 0.1) is 5.82 Å². The van der Waals surface area contributed by atoms with E-state index < -0.39 is 24.2 Å². The Morgan fingerprint density at radius 1 is 1.52 bits per heavy atom. The first-order valence-electron chi connectivity index (χ1n) is 7.85. The summed E-state index contributed by atoms with van der Waals surface area (Å²) in [6.07, 6.45) is -2.44. The minimum atomic E-state index is -2.79. The smallest absolute Gasteiger partial charge is 0.290 e. The number of aromatic amines is 1. The molecule has 0 aliphatic carbocycles. The van der Waals surface area contributed by atoms with E-state index in [4.69, 9.17) is 16.3 Å². The molecule has 0 saturated carbocycles.